The SMILES string of the molecule is CN(C(=O)CSc1nnc(CCC2CCCCC2)n1N)c1ccccc1. The lowest BCUT2D eigenvalue weighted by atomic mass is 9.86. The summed E-state index contributed by atoms with van der Waals surface area (Å²) in [5, 5.41) is 8.98. The van der Waals surface area contributed by atoms with Crippen molar-refractivity contribution in [2.45, 2.75) is 50.1 Å². The van der Waals surface area contributed by atoms with Crippen molar-refractivity contribution < 1.29 is 4.79 Å². The number of rotatable bonds is 7. The van der Waals surface area contributed by atoms with Gasteiger partial charge < -0.3 is 10.7 Å². The number of aryl methyl sites for hydroxylation is 1. The number of aromatic nitrogens is 3. The molecule has 1 heterocycles. The predicted octanol–water partition coefficient (Wildman–Crippen LogP) is 3.26. The molecule has 1 aliphatic rings. The van der Waals surface area contributed by atoms with Crippen molar-refractivity contribution in [1.82, 2.24) is 14.9 Å². The van der Waals surface area contributed by atoms with Crippen molar-refractivity contribution in [3.8, 4) is 0 Å². The van der Waals surface area contributed by atoms with Crippen LogP contribution < -0.4 is 10.7 Å². The van der Waals surface area contributed by atoms with E-state index in [1.807, 2.05) is 30.3 Å². The molecule has 0 radical (unpaired) electrons. The summed E-state index contributed by atoms with van der Waals surface area (Å²) >= 11 is 1.33. The van der Waals surface area contributed by atoms with Crippen LogP contribution in [0.3, 0.4) is 0 Å². The predicted molar refractivity (Wildman–Crippen MR) is 106 cm³/mol. The molecule has 2 aromatic rings. The number of carbonyl (C=O) groups is 1. The largest absolute Gasteiger partial charge is 0.336 e. The third-order valence-corrected chi connectivity index (χ3v) is 6.01. The molecule has 2 N–H and O–H groups in total. The third kappa shape index (κ3) is 4.78. The number of carbonyl (C=O) groups excluding carboxylic acids is 1. The first-order valence-electron chi connectivity index (χ1n) is 9.29. The number of thioether (sulfide) groups is 1. The highest BCUT2D eigenvalue weighted by atomic mass is 32.2. The Morgan fingerprint density at radius 1 is 1.23 bits per heavy atom. The van der Waals surface area contributed by atoms with Gasteiger partial charge in [-0.25, -0.2) is 4.68 Å². The lowest BCUT2D eigenvalue weighted by Gasteiger charge is -2.20. The van der Waals surface area contributed by atoms with Crippen LogP contribution in [0.15, 0.2) is 35.5 Å². The maximum absolute atomic E-state index is 12.4. The number of nitrogens with zero attached hydrogens (tertiary/aromatic N) is 4. The summed E-state index contributed by atoms with van der Waals surface area (Å²) in [7, 11) is 1.78. The number of nitrogens with two attached hydrogens (primary N) is 1. The van der Waals surface area contributed by atoms with Crippen molar-refractivity contribution in [3.63, 3.8) is 0 Å². The Balaban J connectivity index is 1.50. The van der Waals surface area contributed by atoms with Crippen LogP contribution in [0, 0.1) is 5.92 Å². The van der Waals surface area contributed by atoms with Gasteiger partial charge in [-0.1, -0.05) is 62.1 Å². The van der Waals surface area contributed by atoms with Crippen LogP contribution in [0.4, 0.5) is 5.69 Å². The second kappa shape index (κ2) is 9.07. The van der Waals surface area contributed by atoms with Crippen LogP contribution in [0.1, 0.15) is 44.3 Å². The van der Waals surface area contributed by atoms with Gasteiger partial charge in [-0.05, 0) is 24.5 Å². The van der Waals surface area contributed by atoms with Crippen LogP contribution in [0.25, 0.3) is 0 Å². The molecular weight excluding hydrogens is 346 g/mol. The van der Waals surface area contributed by atoms with E-state index < -0.39 is 0 Å². The normalized spacial score (nSPS) is 15.1. The number of amides is 1. The Bertz CT molecular complexity index is 712. The molecule has 0 saturated heterocycles. The average Bonchev–Trinajstić information content (AvgIpc) is 3.05. The van der Waals surface area contributed by atoms with Crippen LogP contribution in [-0.2, 0) is 11.2 Å². The summed E-state index contributed by atoms with van der Waals surface area (Å²) in [5.41, 5.74) is 0.875. The molecule has 6 nitrogen and oxygen atoms in total. The van der Waals surface area contributed by atoms with Gasteiger partial charge in [-0.15, -0.1) is 10.2 Å². The summed E-state index contributed by atoms with van der Waals surface area (Å²) in [4.78, 5) is 14.0. The molecule has 3 rings (SSSR count). The minimum atomic E-state index is 0.00737. The zero-order valence-corrected chi connectivity index (χ0v) is 16.1. The second-order valence-electron chi connectivity index (χ2n) is 6.89. The van der Waals surface area contributed by atoms with Crippen molar-refractivity contribution >= 4 is 23.4 Å². The zero-order valence-electron chi connectivity index (χ0n) is 15.3. The molecule has 1 aromatic carbocycles. The second-order valence-corrected chi connectivity index (χ2v) is 7.83. The summed E-state index contributed by atoms with van der Waals surface area (Å²) < 4.78 is 1.54. The molecule has 0 unspecified atom stereocenters. The average molecular weight is 374 g/mol. The van der Waals surface area contributed by atoms with E-state index in [2.05, 4.69) is 10.2 Å². The van der Waals surface area contributed by atoms with Gasteiger partial charge in [0.2, 0.25) is 11.1 Å². The van der Waals surface area contributed by atoms with E-state index in [1.165, 1.54) is 43.9 Å². The fourth-order valence-electron chi connectivity index (χ4n) is 3.40. The Morgan fingerprint density at radius 3 is 2.69 bits per heavy atom. The highest BCUT2D eigenvalue weighted by Gasteiger charge is 2.18. The van der Waals surface area contributed by atoms with E-state index in [9.17, 15) is 4.79 Å². The summed E-state index contributed by atoms with van der Waals surface area (Å²) in [6.07, 6.45) is 8.68. The van der Waals surface area contributed by atoms with Gasteiger partial charge in [0.1, 0.15) is 0 Å². The van der Waals surface area contributed by atoms with Gasteiger partial charge in [0.05, 0.1) is 5.75 Å². The van der Waals surface area contributed by atoms with Crippen molar-refractivity contribution in [2.24, 2.45) is 5.92 Å². The maximum Gasteiger partial charge on any atom is 0.237 e. The molecular formula is C19H27N5OS. The van der Waals surface area contributed by atoms with E-state index in [4.69, 9.17) is 5.84 Å². The fourth-order valence-corrected chi connectivity index (χ4v) is 4.19. The van der Waals surface area contributed by atoms with Gasteiger partial charge in [-0.3, -0.25) is 4.79 Å². The van der Waals surface area contributed by atoms with Gasteiger partial charge in [0.25, 0.3) is 0 Å². The van der Waals surface area contributed by atoms with Crippen LogP contribution in [0.2, 0.25) is 0 Å². The van der Waals surface area contributed by atoms with Crippen LogP contribution in [-0.4, -0.2) is 33.6 Å². The fraction of sp³-hybridized carbons (Fsp3) is 0.526. The molecule has 1 saturated carbocycles. The third-order valence-electron chi connectivity index (χ3n) is 5.08. The van der Waals surface area contributed by atoms with Crippen molar-refractivity contribution in [3.05, 3.63) is 36.2 Å². The minimum absolute atomic E-state index is 0.00737. The van der Waals surface area contributed by atoms with E-state index in [-0.39, 0.29) is 11.7 Å². The quantitative estimate of drug-likeness (QED) is 0.595. The number of benzene rings is 1. The molecule has 0 aliphatic heterocycles. The molecule has 140 valence electrons. The molecule has 7 heteroatoms. The highest BCUT2D eigenvalue weighted by molar-refractivity contribution is 7.99. The van der Waals surface area contributed by atoms with Crippen molar-refractivity contribution in [2.75, 3.05) is 23.5 Å². The van der Waals surface area contributed by atoms with E-state index in [1.54, 1.807) is 16.6 Å². The van der Waals surface area contributed by atoms with Gasteiger partial charge in [-0.2, -0.15) is 0 Å². The lowest BCUT2D eigenvalue weighted by molar-refractivity contribution is -0.115. The molecule has 1 fully saturated rings. The molecule has 0 bridgehead atoms. The topological polar surface area (TPSA) is 77.0 Å². The van der Waals surface area contributed by atoms with Gasteiger partial charge >= 0.3 is 0 Å². The molecule has 0 atom stereocenters. The zero-order chi connectivity index (χ0) is 18.4. The van der Waals surface area contributed by atoms with Gasteiger partial charge in [0, 0.05) is 19.2 Å². The highest BCUT2D eigenvalue weighted by Crippen LogP contribution is 2.27. The minimum Gasteiger partial charge on any atom is -0.336 e. The number of anilines is 1. The molecule has 0 spiro atoms. The molecule has 26 heavy (non-hydrogen) atoms. The summed E-state index contributed by atoms with van der Waals surface area (Å²) in [5.74, 6) is 8.02. The Kier molecular flexibility index (Phi) is 6.55. The lowest BCUT2D eigenvalue weighted by Crippen LogP contribution is -2.28. The van der Waals surface area contributed by atoms with Crippen LogP contribution >= 0.6 is 11.8 Å². The first-order chi connectivity index (χ1) is 12.6. The maximum atomic E-state index is 12.4. The van der Waals surface area contributed by atoms with E-state index in [0.29, 0.717) is 5.16 Å². The molecule has 1 aliphatic carbocycles. The summed E-state index contributed by atoms with van der Waals surface area (Å²) in [6.45, 7) is 0. The first-order valence-corrected chi connectivity index (χ1v) is 10.3. The number of para-hydroxylation sites is 1. The smallest absolute Gasteiger partial charge is 0.237 e. The molecule has 1 amide bonds. The Morgan fingerprint density at radius 2 is 1.96 bits per heavy atom. The monoisotopic (exact) mass is 373 g/mol. The van der Waals surface area contributed by atoms with E-state index in [0.717, 1.165) is 30.3 Å². The Hall–Kier alpha value is -2.02. The van der Waals surface area contributed by atoms with Gasteiger partial charge in [0.15, 0.2) is 5.82 Å². The number of hydrogen-bond donors (Lipinski definition) is 1. The number of hydrogen-bond acceptors (Lipinski definition) is 5. The first kappa shape index (κ1) is 18.8. The van der Waals surface area contributed by atoms with E-state index >= 15 is 0 Å². The Labute approximate surface area is 159 Å². The standard InChI is InChI=1S/C19H27N5OS/c1-23(16-10-6-3-7-11-16)18(25)14-26-19-22-21-17(24(19)20)13-12-15-8-4-2-5-9-15/h3,6-7,10-11,15H,2,4-5,8-9,12-14,20H2,1H3. The summed E-state index contributed by atoms with van der Waals surface area (Å²) in [6, 6.07) is 9.60. The molecule has 1 aromatic heterocycles. The van der Waals surface area contributed by atoms with Crippen molar-refractivity contribution in [1.29, 1.82) is 0 Å². The van der Waals surface area contributed by atoms with Crippen LogP contribution in [0.5, 0.6) is 0 Å². The number of nitrogen functional groups attached to an aromatic ring is 1.